The van der Waals surface area contributed by atoms with Gasteiger partial charge in [0.25, 0.3) is 0 Å². The lowest BCUT2D eigenvalue weighted by Gasteiger charge is -2.36. The van der Waals surface area contributed by atoms with Crippen LogP contribution in [0.5, 0.6) is 0 Å². The Morgan fingerprint density at radius 1 is 0.800 bits per heavy atom. The van der Waals surface area contributed by atoms with Crippen molar-refractivity contribution in [1.29, 1.82) is 0 Å². The summed E-state index contributed by atoms with van der Waals surface area (Å²) in [5, 5.41) is -0.956. The van der Waals surface area contributed by atoms with Crippen molar-refractivity contribution < 1.29 is 34.8 Å². The minimum Gasteiger partial charge on any atom is -0.304 e. The van der Waals surface area contributed by atoms with E-state index in [2.05, 4.69) is 26.4 Å². The van der Waals surface area contributed by atoms with E-state index in [-0.39, 0.29) is 33.2 Å². The van der Waals surface area contributed by atoms with Gasteiger partial charge < -0.3 is 4.90 Å². The summed E-state index contributed by atoms with van der Waals surface area (Å²) in [6.07, 6.45) is -6.77. The van der Waals surface area contributed by atoms with E-state index >= 15 is 0 Å². The van der Waals surface area contributed by atoms with Crippen molar-refractivity contribution in [3.63, 3.8) is 0 Å². The number of pyridine rings is 1. The lowest BCUT2D eigenvalue weighted by atomic mass is 10.1. The number of piperazine rings is 1. The Balaban J connectivity index is 1.51. The molecule has 0 N–H and O–H groups in total. The van der Waals surface area contributed by atoms with E-state index in [1.807, 2.05) is 11.9 Å². The highest BCUT2D eigenvalue weighted by molar-refractivity contribution is 7.92. The van der Waals surface area contributed by atoms with Crippen LogP contribution in [-0.4, -0.2) is 71.8 Å². The fourth-order valence-electron chi connectivity index (χ4n) is 4.95. The van der Waals surface area contributed by atoms with Crippen LogP contribution in [0.2, 0.25) is 0 Å². The molecule has 1 aliphatic heterocycles. The molecule has 5 rings (SSSR count). The van der Waals surface area contributed by atoms with Crippen LogP contribution in [-0.2, 0) is 22.2 Å². The predicted octanol–water partition coefficient (Wildman–Crippen LogP) is 6.44. The summed E-state index contributed by atoms with van der Waals surface area (Å²) in [6, 6.07) is 13.1. The maximum Gasteiger partial charge on any atom is 0.433 e. The van der Waals surface area contributed by atoms with Crippen LogP contribution in [0.3, 0.4) is 0 Å². The molecule has 1 atom stereocenters. The molecule has 7 nitrogen and oxygen atoms in total. The predicted molar refractivity (Wildman–Crippen MR) is 156 cm³/mol. The van der Waals surface area contributed by atoms with E-state index in [4.69, 9.17) is 0 Å². The van der Waals surface area contributed by atoms with Crippen molar-refractivity contribution in [1.82, 2.24) is 24.8 Å². The van der Waals surface area contributed by atoms with Gasteiger partial charge in [-0.2, -0.15) is 26.3 Å². The highest BCUT2D eigenvalue weighted by atomic mass is 32.2. The molecule has 14 heteroatoms. The lowest BCUT2D eigenvalue weighted by molar-refractivity contribution is -0.141. The minimum atomic E-state index is -4.87. The van der Waals surface area contributed by atoms with Gasteiger partial charge in [0.2, 0.25) is 0 Å². The Morgan fingerprint density at radius 3 is 2.11 bits per heavy atom. The summed E-state index contributed by atoms with van der Waals surface area (Å²) >= 11 is 0. The van der Waals surface area contributed by atoms with Crippen LogP contribution >= 0.6 is 0 Å². The molecule has 1 unspecified atom stereocenters. The van der Waals surface area contributed by atoms with Crippen molar-refractivity contribution in [2.45, 2.75) is 22.6 Å². The molecule has 1 fully saturated rings. The van der Waals surface area contributed by atoms with Crippen LogP contribution in [0.4, 0.5) is 26.3 Å². The molecular weight excluding hydrogens is 620 g/mol. The van der Waals surface area contributed by atoms with Gasteiger partial charge in [-0.25, -0.2) is 18.4 Å². The second-order valence-corrected chi connectivity index (χ2v) is 12.5. The van der Waals surface area contributed by atoms with E-state index < -0.39 is 38.8 Å². The van der Waals surface area contributed by atoms with Crippen molar-refractivity contribution in [3.8, 4) is 33.9 Å². The van der Waals surface area contributed by atoms with Gasteiger partial charge in [0.05, 0.1) is 21.8 Å². The Morgan fingerprint density at radius 2 is 1.49 bits per heavy atom. The maximum atomic E-state index is 13.8. The van der Waals surface area contributed by atoms with E-state index in [1.54, 1.807) is 12.1 Å². The van der Waals surface area contributed by atoms with Gasteiger partial charge in [-0.3, -0.25) is 9.88 Å². The third kappa shape index (κ3) is 7.08. The van der Waals surface area contributed by atoms with Crippen molar-refractivity contribution in [2.24, 2.45) is 0 Å². The number of hydrogen-bond acceptors (Lipinski definition) is 7. The SMILES string of the molecule is C=CC(N1CCN(C)CC1)S(=O)(=O)c1cccc(-c2cc(-c3nc(-c4ccc(C(F)(F)F)cc4)cc(C(F)(F)F)n3)ccn2)c1. The average molecular weight is 648 g/mol. The zero-order valence-electron chi connectivity index (χ0n) is 23.8. The number of alkyl halides is 6. The van der Waals surface area contributed by atoms with Gasteiger partial charge in [-0.15, -0.1) is 6.58 Å². The molecule has 0 spiro atoms. The van der Waals surface area contributed by atoms with Gasteiger partial charge in [0, 0.05) is 49.1 Å². The first-order valence-corrected chi connectivity index (χ1v) is 15.2. The van der Waals surface area contributed by atoms with E-state index in [1.165, 1.54) is 36.5 Å². The number of halogens is 6. The summed E-state index contributed by atoms with van der Waals surface area (Å²) in [7, 11) is -1.93. The number of rotatable bonds is 7. The third-order valence-corrected chi connectivity index (χ3v) is 9.46. The maximum absolute atomic E-state index is 13.8. The number of benzene rings is 2. The van der Waals surface area contributed by atoms with Gasteiger partial charge in [0.1, 0.15) is 11.1 Å². The first-order chi connectivity index (χ1) is 21.2. The summed E-state index contributed by atoms with van der Waals surface area (Å²) < 4.78 is 108. The molecular formula is C31H27F6N5O2S. The molecule has 0 radical (unpaired) electrons. The normalized spacial score (nSPS) is 16.0. The quantitative estimate of drug-likeness (QED) is 0.169. The molecule has 0 amide bonds. The molecule has 3 heterocycles. The standard InChI is InChI=1S/C31H27F6N5O2S/c1-3-28(42-15-13-41(2)14-16-42)45(43,44)24-6-4-5-21(17-24)25-18-22(11-12-38-25)29-39-26(19-27(40-29)31(35,36)37)20-7-9-23(10-8-20)30(32,33)34/h3-12,17-19,28H,1,13-16H2,2H3. The zero-order valence-corrected chi connectivity index (χ0v) is 24.7. The average Bonchev–Trinajstić information content (AvgIpc) is 3.01. The third-order valence-electron chi connectivity index (χ3n) is 7.42. The lowest BCUT2D eigenvalue weighted by Crippen LogP contribution is -2.50. The molecule has 0 saturated carbocycles. The molecule has 0 bridgehead atoms. The second-order valence-electron chi connectivity index (χ2n) is 10.5. The van der Waals surface area contributed by atoms with Gasteiger partial charge in [-0.1, -0.05) is 30.3 Å². The Bertz CT molecular complexity index is 1800. The number of sulfone groups is 1. The number of likely N-dealkylation sites (N-methyl/N-ethyl adjacent to an activating group) is 1. The molecule has 1 saturated heterocycles. The van der Waals surface area contributed by atoms with Gasteiger partial charge >= 0.3 is 12.4 Å². The smallest absolute Gasteiger partial charge is 0.304 e. The van der Waals surface area contributed by atoms with Crippen molar-refractivity contribution in [2.75, 3.05) is 33.2 Å². The summed E-state index contributed by atoms with van der Waals surface area (Å²) in [6.45, 7) is 6.24. The summed E-state index contributed by atoms with van der Waals surface area (Å²) in [5.74, 6) is -0.339. The summed E-state index contributed by atoms with van der Waals surface area (Å²) in [5.41, 5.74) is -1.68. The topological polar surface area (TPSA) is 79.3 Å². The van der Waals surface area contributed by atoms with Crippen LogP contribution in [0.1, 0.15) is 11.3 Å². The van der Waals surface area contributed by atoms with E-state index in [9.17, 15) is 34.8 Å². The van der Waals surface area contributed by atoms with Crippen LogP contribution in [0, 0.1) is 0 Å². The fourth-order valence-corrected chi connectivity index (χ4v) is 6.64. The highest BCUT2D eigenvalue weighted by Gasteiger charge is 2.35. The molecule has 2 aromatic heterocycles. The van der Waals surface area contributed by atoms with E-state index in [0.29, 0.717) is 37.8 Å². The monoisotopic (exact) mass is 647 g/mol. The van der Waals surface area contributed by atoms with Crippen molar-refractivity contribution in [3.05, 3.63) is 96.8 Å². The van der Waals surface area contributed by atoms with Crippen LogP contribution < -0.4 is 0 Å². The molecule has 236 valence electrons. The Labute approximate surface area is 255 Å². The first kappa shape index (κ1) is 32.3. The molecule has 0 aliphatic carbocycles. The van der Waals surface area contributed by atoms with Gasteiger partial charge in [0.15, 0.2) is 15.7 Å². The Hall–Kier alpha value is -4.14. The van der Waals surface area contributed by atoms with Crippen LogP contribution in [0.15, 0.2) is 90.5 Å². The van der Waals surface area contributed by atoms with Crippen LogP contribution in [0.25, 0.3) is 33.9 Å². The Kier molecular flexibility index (Phi) is 8.84. The highest BCUT2D eigenvalue weighted by Crippen LogP contribution is 2.35. The fraction of sp³-hybridized carbons (Fsp3) is 0.258. The first-order valence-electron chi connectivity index (χ1n) is 13.7. The van der Waals surface area contributed by atoms with Gasteiger partial charge in [-0.05, 0) is 49.5 Å². The minimum absolute atomic E-state index is 0.0240. The van der Waals surface area contributed by atoms with Crippen molar-refractivity contribution >= 4 is 9.84 Å². The largest absolute Gasteiger partial charge is 0.433 e. The second kappa shape index (κ2) is 12.3. The number of nitrogens with zero attached hydrogens (tertiary/aromatic N) is 5. The summed E-state index contributed by atoms with van der Waals surface area (Å²) in [4.78, 5) is 16.2. The van der Waals surface area contributed by atoms with E-state index in [0.717, 1.165) is 24.3 Å². The molecule has 45 heavy (non-hydrogen) atoms. The number of hydrogen-bond donors (Lipinski definition) is 0. The number of aromatic nitrogens is 3. The molecule has 2 aromatic carbocycles. The molecule has 4 aromatic rings. The molecule has 1 aliphatic rings. The zero-order chi connectivity index (χ0) is 32.6.